The van der Waals surface area contributed by atoms with Crippen LogP contribution in [-0.2, 0) is 16.0 Å². The topological polar surface area (TPSA) is 55.6 Å². The Morgan fingerprint density at radius 3 is 2.85 bits per heavy atom. The van der Waals surface area contributed by atoms with Crippen molar-refractivity contribution in [3.63, 3.8) is 0 Å². The molecular formula is C21H25ClN2O3. The molecule has 2 fully saturated rings. The van der Waals surface area contributed by atoms with Crippen LogP contribution in [0.15, 0.2) is 34.9 Å². The Bertz CT molecular complexity index is 785. The summed E-state index contributed by atoms with van der Waals surface area (Å²) >= 11 is 6.23. The molecule has 27 heavy (non-hydrogen) atoms. The van der Waals surface area contributed by atoms with Gasteiger partial charge in [0, 0.05) is 23.9 Å². The molecule has 1 atom stereocenters. The van der Waals surface area contributed by atoms with Gasteiger partial charge in [-0.15, -0.1) is 0 Å². The third-order valence-electron chi connectivity index (χ3n) is 5.50. The van der Waals surface area contributed by atoms with Crippen LogP contribution >= 0.6 is 11.6 Å². The summed E-state index contributed by atoms with van der Waals surface area (Å²) in [5.74, 6) is 1.74. The van der Waals surface area contributed by atoms with Gasteiger partial charge in [-0.3, -0.25) is 4.79 Å². The summed E-state index contributed by atoms with van der Waals surface area (Å²) in [7, 11) is 0. The van der Waals surface area contributed by atoms with Crippen LogP contribution in [0, 0.1) is 5.92 Å². The number of carbonyl (C=O) groups is 1. The number of nitrogens with zero attached hydrogens (tertiary/aromatic N) is 2. The Kier molecular flexibility index (Phi) is 5.79. The molecule has 2 heterocycles. The highest BCUT2D eigenvalue weighted by atomic mass is 35.5. The second-order valence-electron chi connectivity index (χ2n) is 7.41. The number of hydrogen-bond donors (Lipinski definition) is 0. The molecule has 1 amide bonds. The van der Waals surface area contributed by atoms with Gasteiger partial charge < -0.3 is 14.1 Å². The van der Waals surface area contributed by atoms with Gasteiger partial charge in [0.05, 0.1) is 19.3 Å². The van der Waals surface area contributed by atoms with Crippen LogP contribution in [0.3, 0.4) is 0 Å². The Labute approximate surface area is 164 Å². The first-order valence-corrected chi connectivity index (χ1v) is 10.2. The zero-order valence-electron chi connectivity index (χ0n) is 15.4. The Morgan fingerprint density at radius 2 is 2.04 bits per heavy atom. The van der Waals surface area contributed by atoms with E-state index in [4.69, 9.17) is 20.8 Å². The molecule has 1 saturated heterocycles. The lowest BCUT2D eigenvalue weighted by atomic mass is 9.88. The summed E-state index contributed by atoms with van der Waals surface area (Å²) in [6.07, 6.45) is 7.62. The van der Waals surface area contributed by atoms with E-state index in [-0.39, 0.29) is 17.9 Å². The highest BCUT2D eigenvalue weighted by Crippen LogP contribution is 2.29. The molecule has 5 nitrogen and oxygen atoms in total. The average molecular weight is 389 g/mol. The monoisotopic (exact) mass is 388 g/mol. The van der Waals surface area contributed by atoms with E-state index in [2.05, 4.69) is 4.98 Å². The number of aromatic nitrogens is 1. The van der Waals surface area contributed by atoms with E-state index >= 15 is 0 Å². The smallest absolute Gasteiger partial charge is 0.225 e. The number of benzene rings is 1. The van der Waals surface area contributed by atoms with E-state index in [1.54, 1.807) is 6.20 Å². The number of morpholine rings is 1. The zero-order valence-corrected chi connectivity index (χ0v) is 16.2. The molecule has 0 bridgehead atoms. The first kappa shape index (κ1) is 18.5. The van der Waals surface area contributed by atoms with E-state index in [1.807, 2.05) is 29.2 Å². The van der Waals surface area contributed by atoms with Gasteiger partial charge >= 0.3 is 0 Å². The normalized spacial score (nSPS) is 21.4. The van der Waals surface area contributed by atoms with Gasteiger partial charge in [0.25, 0.3) is 0 Å². The minimum absolute atomic E-state index is 0.179. The van der Waals surface area contributed by atoms with E-state index in [0.717, 1.165) is 37.0 Å². The molecule has 0 spiro atoms. The second-order valence-corrected chi connectivity index (χ2v) is 7.82. The van der Waals surface area contributed by atoms with Crippen LogP contribution < -0.4 is 0 Å². The SMILES string of the molecule is O=C(C1CCCCC1)N1CCOC(c2ncc(Cc3ccccc3Cl)o2)C1. The predicted molar refractivity (Wildman–Crippen MR) is 103 cm³/mol. The molecular weight excluding hydrogens is 364 g/mol. The largest absolute Gasteiger partial charge is 0.442 e. The third kappa shape index (κ3) is 4.36. The molecule has 1 aromatic heterocycles. The van der Waals surface area contributed by atoms with Crippen molar-refractivity contribution in [1.29, 1.82) is 0 Å². The van der Waals surface area contributed by atoms with Crippen molar-refractivity contribution in [2.75, 3.05) is 19.7 Å². The molecule has 4 rings (SSSR count). The van der Waals surface area contributed by atoms with Crippen molar-refractivity contribution in [3.05, 3.63) is 52.7 Å². The van der Waals surface area contributed by atoms with Crippen LogP contribution in [0.2, 0.25) is 5.02 Å². The van der Waals surface area contributed by atoms with Crippen molar-refractivity contribution >= 4 is 17.5 Å². The van der Waals surface area contributed by atoms with Gasteiger partial charge in [0.2, 0.25) is 11.8 Å². The van der Waals surface area contributed by atoms with Crippen LogP contribution in [0.5, 0.6) is 0 Å². The fourth-order valence-electron chi connectivity index (χ4n) is 3.99. The number of oxazole rings is 1. The Hall–Kier alpha value is -1.85. The third-order valence-corrected chi connectivity index (χ3v) is 5.87. The molecule has 1 saturated carbocycles. The lowest BCUT2D eigenvalue weighted by molar-refractivity contribution is -0.145. The maximum absolute atomic E-state index is 12.8. The summed E-state index contributed by atoms with van der Waals surface area (Å²) in [5, 5.41) is 0.716. The minimum atomic E-state index is -0.300. The van der Waals surface area contributed by atoms with Gasteiger partial charge in [-0.05, 0) is 24.5 Å². The number of amides is 1. The van der Waals surface area contributed by atoms with Gasteiger partial charge in [-0.2, -0.15) is 0 Å². The van der Waals surface area contributed by atoms with Gasteiger partial charge in [0.15, 0.2) is 6.10 Å². The number of halogens is 1. The summed E-state index contributed by atoms with van der Waals surface area (Å²) in [6, 6.07) is 7.71. The lowest BCUT2D eigenvalue weighted by Gasteiger charge is -2.34. The molecule has 144 valence electrons. The van der Waals surface area contributed by atoms with Crippen molar-refractivity contribution in [2.24, 2.45) is 5.92 Å². The Balaban J connectivity index is 1.40. The standard InChI is InChI=1S/C21H25ClN2O3/c22-18-9-5-4-8-16(18)12-17-13-23-20(27-17)19-14-24(10-11-26-19)21(25)15-6-2-1-3-7-15/h4-5,8-9,13,15,19H,1-3,6-7,10-12,14H2. The van der Waals surface area contributed by atoms with Crippen LogP contribution in [0.25, 0.3) is 0 Å². The van der Waals surface area contributed by atoms with Crippen molar-refractivity contribution in [1.82, 2.24) is 9.88 Å². The van der Waals surface area contributed by atoms with E-state index in [9.17, 15) is 4.79 Å². The summed E-state index contributed by atoms with van der Waals surface area (Å²) in [6.45, 7) is 1.69. The van der Waals surface area contributed by atoms with E-state index < -0.39 is 0 Å². The number of ether oxygens (including phenoxy) is 1. The Morgan fingerprint density at radius 1 is 1.22 bits per heavy atom. The number of carbonyl (C=O) groups excluding carboxylic acids is 1. The van der Waals surface area contributed by atoms with Crippen LogP contribution in [0.1, 0.15) is 55.4 Å². The quantitative estimate of drug-likeness (QED) is 0.779. The molecule has 1 aliphatic heterocycles. The lowest BCUT2D eigenvalue weighted by Crippen LogP contribution is -2.45. The number of hydrogen-bond acceptors (Lipinski definition) is 4. The summed E-state index contributed by atoms with van der Waals surface area (Å²) in [4.78, 5) is 19.2. The maximum atomic E-state index is 12.8. The second kappa shape index (κ2) is 8.44. The van der Waals surface area contributed by atoms with Gasteiger partial charge in [-0.25, -0.2) is 4.98 Å². The molecule has 1 aromatic carbocycles. The van der Waals surface area contributed by atoms with Crippen LogP contribution in [0.4, 0.5) is 0 Å². The summed E-state index contributed by atoms with van der Waals surface area (Å²) in [5.41, 5.74) is 1.00. The fraction of sp³-hybridized carbons (Fsp3) is 0.524. The summed E-state index contributed by atoms with van der Waals surface area (Å²) < 4.78 is 11.8. The predicted octanol–water partition coefficient (Wildman–Crippen LogP) is 4.40. The molecule has 1 aliphatic carbocycles. The van der Waals surface area contributed by atoms with Crippen molar-refractivity contribution in [2.45, 2.75) is 44.6 Å². The first-order valence-electron chi connectivity index (χ1n) is 9.79. The molecule has 2 aliphatic rings. The molecule has 1 unspecified atom stereocenters. The van der Waals surface area contributed by atoms with E-state index in [0.29, 0.717) is 37.0 Å². The minimum Gasteiger partial charge on any atom is -0.442 e. The first-order chi connectivity index (χ1) is 13.2. The fourth-order valence-corrected chi connectivity index (χ4v) is 4.19. The molecule has 0 N–H and O–H groups in total. The van der Waals surface area contributed by atoms with Crippen molar-refractivity contribution < 1.29 is 13.9 Å². The average Bonchev–Trinajstić information content (AvgIpc) is 3.19. The van der Waals surface area contributed by atoms with E-state index in [1.165, 1.54) is 6.42 Å². The molecule has 2 aromatic rings. The van der Waals surface area contributed by atoms with Gasteiger partial charge in [0.1, 0.15) is 5.76 Å². The molecule has 0 radical (unpaired) electrons. The van der Waals surface area contributed by atoms with Gasteiger partial charge in [-0.1, -0.05) is 49.1 Å². The van der Waals surface area contributed by atoms with Crippen LogP contribution in [-0.4, -0.2) is 35.5 Å². The highest BCUT2D eigenvalue weighted by molar-refractivity contribution is 6.31. The zero-order chi connectivity index (χ0) is 18.6. The van der Waals surface area contributed by atoms with Crippen molar-refractivity contribution in [3.8, 4) is 0 Å². The maximum Gasteiger partial charge on any atom is 0.225 e. The number of rotatable bonds is 4. The highest BCUT2D eigenvalue weighted by Gasteiger charge is 2.32. The molecule has 6 heteroatoms.